The van der Waals surface area contributed by atoms with Crippen LogP contribution >= 0.6 is 0 Å². The Hall–Kier alpha value is -2.69. The topological polar surface area (TPSA) is 41.9 Å². The second-order valence-electron chi connectivity index (χ2n) is 6.16. The summed E-state index contributed by atoms with van der Waals surface area (Å²) in [4.78, 5) is 18.1. The predicted molar refractivity (Wildman–Crippen MR) is 97.6 cm³/mol. The van der Waals surface area contributed by atoms with Gasteiger partial charge < -0.3 is 9.64 Å². The van der Waals surface area contributed by atoms with Crippen LogP contribution in [0.15, 0.2) is 41.4 Å². The summed E-state index contributed by atoms with van der Waals surface area (Å²) in [6.07, 6.45) is 3.83. The zero-order valence-electron chi connectivity index (χ0n) is 14.5. The first-order valence-electron chi connectivity index (χ1n) is 8.36. The van der Waals surface area contributed by atoms with Crippen LogP contribution in [0.1, 0.15) is 34.3 Å². The molecule has 1 aliphatic heterocycles. The Morgan fingerprint density at radius 2 is 1.96 bits per heavy atom. The van der Waals surface area contributed by atoms with Crippen LogP contribution in [0.3, 0.4) is 0 Å². The Morgan fingerprint density at radius 1 is 1.20 bits per heavy atom. The highest BCUT2D eigenvalue weighted by Gasteiger charge is 2.15. The van der Waals surface area contributed by atoms with E-state index in [2.05, 4.69) is 9.89 Å². The standard InChI is InChI=1S/C20H21FN2O2/c1-14-5-7-16(20(24)25-2)12-18(14)22-13-15-6-8-19(17(21)11-15)23-9-3-4-10-23/h5-8,11-13H,3-4,9-10H2,1-2H3. The van der Waals surface area contributed by atoms with Gasteiger partial charge in [-0.2, -0.15) is 0 Å². The highest BCUT2D eigenvalue weighted by atomic mass is 19.1. The van der Waals surface area contributed by atoms with Gasteiger partial charge in [0.05, 0.1) is 24.0 Å². The number of hydrogen-bond acceptors (Lipinski definition) is 4. The summed E-state index contributed by atoms with van der Waals surface area (Å²) in [5.74, 6) is -0.636. The minimum Gasteiger partial charge on any atom is -0.465 e. The zero-order chi connectivity index (χ0) is 17.8. The van der Waals surface area contributed by atoms with E-state index in [0.717, 1.165) is 31.5 Å². The maximum absolute atomic E-state index is 14.4. The van der Waals surface area contributed by atoms with E-state index in [-0.39, 0.29) is 5.82 Å². The fourth-order valence-electron chi connectivity index (χ4n) is 2.96. The van der Waals surface area contributed by atoms with Crippen LogP contribution in [0.25, 0.3) is 0 Å². The van der Waals surface area contributed by atoms with Crippen LogP contribution in [0.4, 0.5) is 15.8 Å². The molecule has 1 saturated heterocycles. The van der Waals surface area contributed by atoms with Gasteiger partial charge in [-0.3, -0.25) is 4.99 Å². The first-order chi connectivity index (χ1) is 12.1. The number of rotatable bonds is 4. The Kier molecular flexibility index (Phi) is 5.12. The predicted octanol–water partition coefficient (Wildman–Crippen LogP) is 4.27. The van der Waals surface area contributed by atoms with E-state index in [1.165, 1.54) is 13.2 Å². The van der Waals surface area contributed by atoms with E-state index >= 15 is 0 Å². The Balaban J connectivity index is 1.82. The van der Waals surface area contributed by atoms with Gasteiger partial charge in [-0.15, -0.1) is 0 Å². The molecule has 1 fully saturated rings. The van der Waals surface area contributed by atoms with Gasteiger partial charge in [0.25, 0.3) is 0 Å². The molecule has 25 heavy (non-hydrogen) atoms. The van der Waals surface area contributed by atoms with Gasteiger partial charge in [0.2, 0.25) is 0 Å². The van der Waals surface area contributed by atoms with Crippen molar-refractivity contribution in [2.45, 2.75) is 19.8 Å². The van der Waals surface area contributed by atoms with E-state index in [0.29, 0.717) is 22.5 Å². The van der Waals surface area contributed by atoms with E-state index in [9.17, 15) is 9.18 Å². The summed E-state index contributed by atoms with van der Waals surface area (Å²) in [7, 11) is 1.34. The summed E-state index contributed by atoms with van der Waals surface area (Å²) in [6, 6.07) is 10.4. The minimum atomic E-state index is -0.405. The summed E-state index contributed by atoms with van der Waals surface area (Å²) in [6.45, 7) is 3.72. The van der Waals surface area contributed by atoms with Crippen molar-refractivity contribution in [2.24, 2.45) is 4.99 Å². The molecular weight excluding hydrogens is 319 g/mol. The monoisotopic (exact) mass is 340 g/mol. The number of aryl methyl sites for hydroxylation is 1. The molecule has 0 amide bonds. The van der Waals surface area contributed by atoms with Gasteiger partial charge in [-0.1, -0.05) is 12.1 Å². The zero-order valence-corrected chi connectivity index (χ0v) is 14.5. The summed E-state index contributed by atoms with van der Waals surface area (Å²) >= 11 is 0. The number of hydrogen-bond donors (Lipinski definition) is 0. The van der Waals surface area contributed by atoms with Crippen LogP contribution in [-0.2, 0) is 4.74 Å². The van der Waals surface area contributed by atoms with Crippen molar-refractivity contribution in [2.75, 3.05) is 25.1 Å². The fraction of sp³-hybridized carbons (Fsp3) is 0.300. The van der Waals surface area contributed by atoms with Crippen molar-refractivity contribution in [1.29, 1.82) is 0 Å². The molecule has 4 nitrogen and oxygen atoms in total. The molecule has 0 unspecified atom stereocenters. The number of nitrogens with zero attached hydrogens (tertiary/aromatic N) is 2. The molecule has 0 N–H and O–H groups in total. The normalized spacial score (nSPS) is 14.3. The summed E-state index contributed by atoms with van der Waals surface area (Å²) < 4.78 is 19.1. The van der Waals surface area contributed by atoms with Crippen molar-refractivity contribution >= 4 is 23.6 Å². The number of esters is 1. The van der Waals surface area contributed by atoms with Gasteiger partial charge in [0, 0.05) is 19.3 Å². The molecule has 2 aromatic rings. The number of carbonyl (C=O) groups excluding carboxylic acids is 1. The van der Waals surface area contributed by atoms with Crippen LogP contribution in [0.5, 0.6) is 0 Å². The Labute approximate surface area is 146 Å². The highest BCUT2D eigenvalue weighted by molar-refractivity contribution is 5.91. The van der Waals surface area contributed by atoms with Gasteiger partial charge in [0.15, 0.2) is 0 Å². The number of anilines is 1. The number of benzene rings is 2. The van der Waals surface area contributed by atoms with Gasteiger partial charge in [0.1, 0.15) is 5.82 Å². The van der Waals surface area contributed by atoms with Crippen LogP contribution in [0, 0.1) is 12.7 Å². The molecule has 0 aliphatic carbocycles. The minimum absolute atomic E-state index is 0.231. The SMILES string of the molecule is COC(=O)c1ccc(C)c(N=Cc2ccc(N3CCCC3)c(F)c2)c1. The quantitative estimate of drug-likeness (QED) is 0.616. The summed E-state index contributed by atoms with van der Waals surface area (Å²) in [5, 5.41) is 0. The van der Waals surface area contributed by atoms with Crippen LogP contribution in [0.2, 0.25) is 0 Å². The first kappa shape index (κ1) is 17.1. The lowest BCUT2D eigenvalue weighted by molar-refractivity contribution is 0.0601. The lowest BCUT2D eigenvalue weighted by Gasteiger charge is -2.18. The third kappa shape index (κ3) is 3.87. The van der Waals surface area contributed by atoms with Crippen molar-refractivity contribution < 1.29 is 13.9 Å². The molecule has 0 saturated carbocycles. The third-order valence-electron chi connectivity index (χ3n) is 4.40. The van der Waals surface area contributed by atoms with Crippen molar-refractivity contribution in [1.82, 2.24) is 0 Å². The van der Waals surface area contributed by atoms with Crippen molar-refractivity contribution in [3.8, 4) is 0 Å². The molecule has 2 aromatic carbocycles. The Morgan fingerprint density at radius 3 is 2.64 bits per heavy atom. The number of carbonyl (C=O) groups is 1. The number of aliphatic imine (C=N–C) groups is 1. The molecule has 1 heterocycles. The van der Waals surface area contributed by atoms with Gasteiger partial charge >= 0.3 is 5.97 Å². The Bertz CT molecular complexity index is 811. The van der Waals surface area contributed by atoms with E-state index in [4.69, 9.17) is 4.74 Å². The second kappa shape index (κ2) is 7.47. The molecule has 0 aromatic heterocycles. The largest absolute Gasteiger partial charge is 0.465 e. The average Bonchev–Trinajstić information content (AvgIpc) is 3.14. The maximum atomic E-state index is 14.4. The van der Waals surface area contributed by atoms with Gasteiger partial charge in [-0.05, 0) is 55.2 Å². The molecular formula is C20H21FN2O2. The molecule has 5 heteroatoms. The molecule has 0 radical (unpaired) electrons. The molecule has 0 spiro atoms. The molecule has 0 bridgehead atoms. The van der Waals surface area contributed by atoms with E-state index in [1.54, 1.807) is 24.4 Å². The van der Waals surface area contributed by atoms with E-state index < -0.39 is 5.97 Å². The lowest BCUT2D eigenvalue weighted by atomic mass is 10.1. The third-order valence-corrected chi connectivity index (χ3v) is 4.40. The number of ether oxygens (including phenoxy) is 1. The smallest absolute Gasteiger partial charge is 0.337 e. The summed E-state index contributed by atoms with van der Waals surface area (Å²) in [5.41, 5.74) is 3.36. The fourth-order valence-corrected chi connectivity index (χ4v) is 2.96. The van der Waals surface area contributed by atoms with E-state index in [1.807, 2.05) is 19.1 Å². The maximum Gasteiger partial charge on any atom is 0.337 e. The molecule has 3 rings (SSSR count). The second-order valence-corrected chi connectivity index (χ2v) is 6.16. The van der Waals surface area contributed by atoms with Crippen molar-refractivity contribution in [3.05, 3.63) is 58.9 Å². The number of halogens is 1. The molecule has 0 atom stereocenters. The molecule has 1 aliphatic rings. The number of methoxy groups -OCH3 is 1. The van der Waals surface area contributed by atoms with Gasteiger partial charge in [-0.25, -0.2) is 9.18 Å². The highest BCUT2D eigenvalue weighted by Crippen LogP contribution is 2.25. The molecule has 130 valence electrons. The van der Waals surface area contributed by atoms with Crippen molar-refractivity contribution in [3.63, 3.8) is 0 Å². The van der Waals surface area contributed by atoms with Crippen LogP contribution < -0.4 is 4.90 Å². The van der Waals surface area contributed by atoms with Crippen LogP contribution in [-0.4, -0.2) is 32.4 Å². The average molecular weight is 340 g/mol. The first-order valence-corrected chi connectivity index (χ1v) is 8.36. The lowest BCUT2D eigenvalue weighted by Crippen LogP contribution is -2.18.